The van der Waals surface area contributed by atoms with Gasteiger partial charge in [0, 0.05) is 0 Å². The van der Waals surface area contributed by atoms with Crippen LogP contribution in [0.2, 0.25) is 0 Å². The molecule has 0 radical (unpaired) electrons. The molecular weight excluding hydrogens is 174 g/mol. The van der Waals surface area contributed by atoms with Crippen molar-refractivity contribution in [2.75, 3.05) is 11.5 Å². The van der Waals surface area contributed by atoms with Crippen LogP contribution in [0.5, 0.6) is 0 Å². The van der Waals surface area contributed by atoms with Crippen molar-refractivity contribution in [3.05, 3.63) is 48.0 Å². The summed E-state index contributed by atoms with van der Waals surface area (Å²) < 4.78 is 1.88. The van der Waals surface area contributed by atoms with Gasteiger partial charge in [0.25, 0.3) is 0 Å². The van der Waals surface area contributed by atoms with Crippen LogP contribution in [0.25, 0.3) is 0 Å². The first-order chi connectivity index (χ1) is 6.77. The first-order valence-electron chi connectivity index (χ1n) is 4.52. The van der Waals surface area contributed by atoms with Crippen molar-refractivity contribution in [1.82, 2.24) is 4.57 Å². The smallest absolute Gasteiger partial charge is 0.105 e. The molecule has 4 N–H and O–H groups in total. The van der Waals surface area contributed by atoms with Gasteiger partial charge in [0.2, 0.25) is 0 Å². The van der Waals surface area contributed by atoms with Crippen LogP contribution in [0.3, 0.4) is 0 Å². The first-order valence-corrected chi connectivity index (χ1v) is 4.52. The zero-order chi connectivity index (χ0) is 9.97. The highest BCUT2D eigenvalue weighted by Crippen LogP contribution is 2.15. The Balaban J connectivity index is 2.27. The van der Waals surface area contributed by atoms with Crippen molar-refractivity contribution in [1.29, 1.82) is 0 Å². The Morgan fingerprint density at radius 1 is 0.857 bits per heavy atom. The molecule has 3 nitrogen and oxygen atoms in total. The summed E-state index contributed by atoms with van der Waals surface area (Å²) in [5.41, 5.74) is 12.7. The highest BCUT2D eigenvalue weighted by molar-refractivity contribution is 5.46. The van der Waals surface area contributed by atoms with E-state index in [1.165, 1.54) is 5.56 Å². The lowest BCUT2D eigenvalue weighted by molar-refractivity contribution is 0.829. The van der Waals surface area contributed by atoms with Gasteiger partial charge in [0.05, 0.1) is 6.54 Å². The number of hydrogen-bond acceptors (Lipinski definition) is 2. The predicted octanol–water partition coefficient (Wildman–Crippen LogP) is 1.70. The van der Waals surface area contributed by atoms with E-state index in [4.69, 9.17) is 11.5 Å². The summed E-state index contributed by atoms with van der Waals surface area (Å²) in [6, 6.07) is 13.7. The maximum Gasteiger partial charge on any atom is 0.105 e. The molecule has 3 heteroatoms. The van der Waals surface area contributed by atoms with Crippen LogP contribution >= 0.6 is 0 Å². The third-order valence-corrected chi connectivity index (χ3v) is 2.23. The van der Waals surface area contributed by atoms with Crippen molar-refractivity contribution in [3.63, 3.8) is 0 Å². The molecule has 1 heterocycles. The Bertz CT molecular complexity index is 398. The Morgan fingerprint density at radius 3 is 2.00 bits per heavy atom. The fourth-order valence-electron chi connectivity index (χ4n) is 1.45. The third kappa shape index (κ3) is 1.57. The first kappa shape index (κ1) is 8.69. The fourth-order valence-corrected chi connectivity index (χ4v) is 1.45. The van der Waals surface area contributed by atoms with E-state index < -0.39 is 0 Å². The summed E-state index contributed by atoms with van der Waals surface area (Å²) in [6.07, 6.45) is 0. The zero-order valence-electron chi connectivity index (χ0n) is 7.85. The van der Waals surface area contributed by atoms with Gasteiger partial charge in [-0.3, -0.25) is 0 Å². The molecule has 0 saturated heterocycles. The molecular formula is C11H13N3. The lowest BCUT2D eigenvalue weighted by atomic mass is 10.2. The maximum absolute atomic E-state index is 5.77. The van der Waals surface area contributed by atoms with Crippen molar-refractivity contribution in [3.8, 4) is 0 Å². The topological polar surface area (TPSA) is 57.0 Å². The van der Waals surface area contributed by atoms with E-state index in [0.717, 1.165) is 6.54 Å². The molecule has 2 rings (SSSR count). The van der Waals surface area contributed by atoms with E-state index in [1.54, 1.807) is 0 Å². The molecule has 0 aliphatic heterocycles. The number of aromatic nitrogens is 1. The maximum atomic E-state index is 5.77. The quantitative estimate of drug-likeness (QED) is 0.751. The lowest BCUT2D eigenvalue weighted by Gasteiger charge is -2.08. The van der Waals surface area contributed by atoms with Crippen LogP contribution in [0.4, 0.5) is 11.6 Å². The Labute approximate surface area is 83.0 Å². The van der Waals surface area contributed by atoms with Gasteiger partial charge < -0.3 is 16.0 Å². The van der Waals surface area contributed by atoms with E-state index in [0.29, 0.717) is 11.6 Å². The Kier molecular flexibility index (Phi) is 2.14. The molecule has 0 spiro atoms. The van der Waals surface area contributed by atoms with Gasteiger partial charge in [-0.05, 0) is 17.7 Å². The van der Waals surface area contributed by atoms with E-state index in [2.05, 4.69) is 12.1 Å². The average Bonchev–Trinajstić information content (AvgIpc) is 2.51. The summed E-state index contributed by atoms with van der Waals surface area (Å²) in [5.74, 6) is 1.40. The van der Waals surface area contributed by atoms with E-state index in [-0.39, 0.29) is 0 Å². The molecule has 1 aromatic carbocycles. The molecule has 0 aliphatic rings. The van der Waals surface area contributed by atoms with E-state index >= 15 is 0 Å². The highest BCUT2D eigenvalue weighted by Gasteiger charge is 2.02. The van der Waals surface area contributed by atoms with Crippen molar-refractivity contribution >= 4 is 11.6 Å². The second kappa shape index (κ2) is 3.46. The van der Waals surface area contributed by atoms with Crippen LogP contribution in [-0.4, -0.2) is 4.57 Å². The lowest BCUT2D eigenvalue weighted by Crippen LogP contribution is -2.06. The molecule has 14 heavy (non-hydrogen) atoms. The minimum atomic E-state index is 0.700. The summed E-state index contributed by atoms with van der Waals surface area (Å²) >= 11 is 0. The van der Waals surface area contributed by atoms with Gasteiger partial charge in [0.1, 0.15) is 11.6 Å². The number of anilines is 2. The van der Waals surface area contributed by atoms with Crippen molar-refractivity contribution < 1.29 is 0 Å². The van der Waals surface area contributed by atoms with Gasteiger partial charge in [-0.2, -0.15) is 0 Å². The summed E-state index contributed by atoms with van der Waals surface area (Å²) in [4.78, 5) is 0. The minimum Gasteiger partial charge on any atom is -0.385 e. The van der Waals surface area contributed by atoms with Crippen LogP contribution < -0.4 is 11.5 Å². The second-order valence-electron chi connectivity index (χ2n) is 3.25. The van der Waals surface area contributed by atoms with E-state index in [1.807, 2.05) is 34.9 Å². The molecule has 0 unspecified atom stereocenters. The summed E-state index contributed by atoms with van der Waals surface area (Å²) in [6.45, 7) is 0.728. The van der Waals surface area contributed by atoms with E-state index in [9.17, 15) is 0 Å². The number of nitrogen functional groups attached to an aromatic ring is 2. The largest absolute Gasteiger partial charge is 0.385 e. The Morgan fingerprint density at radius 2 is 1.43 bits per heavy atom. The van der Waals surface area contributed by atoms with Crippen LogP contribution in [0.15, 0.2) is 42.5 Å². The van der Waals surface area contributed by atoms with Crippen molar-refractivity contribution in [2.24, 2.45) is 0 Å². The number of benzene rings is 1. The van der Waals surface area contributed by atoms with Gasteiger partial charge in [-0.1, -0.05) is 30.3 Å². The SMILES string of the molecule is Nc1ccc(N)n1Cc1ccccc1. The van der Waals surface area contributed by atoms with Gasteiger partial charge in [-0.15, -0.1) is 0 Å². The number of nitrogens with zero attached hydrogens (tertiary/aromatic N) is 1. The van der Waals surface area contributed by atoms with Gasteiger partial charge >= 0.3 is 0 Å². The molecule has 0 saturated carbocycles. The molecule has 0 amide bonds. The molecule has 0 fully saturated rings. The average molecular weight is 187 g/mol. The monoisotopic (exact) mass is 187 g/mol. The molecule has 0 aliphatic carbocycles. The van der Waals surface area contributed by atoms with Crippen LogP contribution in [-0.2, 0) is 6.54 Å². The van der Waals surface area contributed by atoms with Crippen LogP contribution in [0.1, 0.15) is 5.56 Å². The van der Waals surface area contributed by atoms with Crippen LogP contribution in [0, 0.1) is 0 Å². The third-order valence-electron chi connectivity index (χ3n) is 2.23. The zero-order valence-corrected chi connectivity index (χ0v) is 7.85. The Hall–Kier alpha value is -1.90. The summed E-state index contributed by atoms with van der Waals surface area (Å²) in [7, 11) is 0. The number of hydrogen-bond donors (Lipinski definition) is 2. The number of nitrogens with two attached hydrogens (primary N) is 2. The highest BCUT2D eigenvalue weighted by atomic mass is 15.1. The molecule has 1 aromatic heterocycles. The molecule has 0 atom stereocenters. The molecule has 72 valence electrons. The van der Waals surface area contributed by atoms with Gasteiger partial charge in [0.15, 0.2) is 0 Å². The minimum absolute atomic E-state index is 0.700. The normalized spacial score (nSPS) is 10.3. The fraction of sp³-hybridized carbons (Fsp3) is 0.0909. The van der Waals surface area contributed by atoms with Crippen molar-refractivity contribution in [2.45, 2.75) is 6.54 Å². The molecule has 0 bridgehead atoms. The molecule has 2 aromatic rings. The van der Waals surface area contributed by atoms with Gasteiger partial charge in [-0.25, -0.2) is 0 Å². The number of rotatable bonds is 2. The second-order valence-corrected chi connectivity index (χ2v) is 3.25. The summed E-state index contributed by atoms with van der Waals surface area (Å²) in [5, 5.41) is 0. The standard InChI is InChI=1S/C11H13N3/c12-10-6-7-11(13)14(10)8-9-4-2-1-3-5-9/h1-7H,8,12-13H2. The predicted molar refractivity (Wildman–Crippen MR) is 58.8 cm³/mol.